The number of hydrogen-bond donors (Lipinski definition) is 12. The summed E-state index contributed by atoms with van der Waals surface area (Å²) in [4.78, 5) is 122. The monoisotopic (exact) mass is 2080 g/mol. The number of hydrogen-bond acceptors (Lipinski definition) is 34. The van der Waals surface area contributed by atoms with Gasteiger partial charge in [0.25, 0.3) is 29.5 Å². The maximum absolute atomic E-state index is 12.9. The van der Waals surface area contributed by atoms with Crippen LogP contribution in [0.5, 0.6) is 11.5 Å². The van der Waals surface area contributed by atoms with Gasteiger partial charge in [0, 0.05) is 234 Å². The number of fused-ring (bicyclic) bond motifs is 3. The fourth-order valence-electron chi connectivity index (χ4n) is 17.4. The van der Waals surface area contributed by atoms with Gasteiger partial charge in [0.2, 0.25) is 0 Å². The number of thiazole rings is 5. The van der Waals surface area contributed by atoms with Gasteiger partial charge in [0.1, 0.15) is 71.2 Å². The van der Waals surface area contributed by atoms with Crippen LogP contribution >= 0.6 is 56.7 Å². The van der Waals surface area contributed by atoms with Crippen LogP contribution < -0.4 is 87.7 Å². The molecule has 19 aromatic rings. The number of amides is 5. The Balaban J connectivity index is 0.000000113. The summed E-state index contributed by atoms with van der Waals surface area (Å²) in [6.45, 7) is 19.0. The number of aromatic nitrogens is 11. The molecule has 0 saturated carbocycles. The smallest absolute Gasteiger partial charge is 0.275 e. The van der Waals surface area contributed by atoms with Crippen molar-refractivity contribution in [3.63, 3.8) is 0 Å². The van der Waals surface area contributed by atoms with Crippen molar-refractivity contribution in [3.8, 4) is 64.7 Å². The fraction of sp³-hybridized carbons (Fsp3) is 0.202. The molecule has 13 aromatic heterocycles. The number of carbonyl (C=O) groups excluding carboxylic acids is 5. The van der Waals surface area contributed by atoms with E-state index in [1.54, 1.807) is 95.1 Å². The molecule has 754 valence electrons. The Morgan fingerprint density at radius 2 is 0.678 bits per heavy atom. The lowest BCUT2D eigenvalue weighted by molar-refractivity contribution is 0.101. The minimum absolute atomic E-state index is 0.219. The third kappa shape index (κ3) is 25.4. The van der Waals surface area contributed by atoms with Crippen molar-refractivity contribution in [1.29, 1.82) is 0 Å². The van der Waals surface area contributed by atoms with E-state index in [2.05, 4.69) is 162 Å². The lowest BCUT2D eigenvalue weighted by atomic mass is 10.1. The van der Waals surface area contributed by atoms with Gasteiger partial charge < -0.3 is 102 Å². The Kier molecular flexibility index (Phi) is 32.8. The first-order valence-corrected chi connectivity index (χ1v) is 53.2. The summed E-state index contributed by atoms with van der Waals surface area (Å²) in [5.41, 5.74) is 18.1. The van der Waals surface area contributed by atoms with E-state index in [9.17, 15) is 24.0 Å². The Bertz CT molecular complexity index is 7370. The zero-order valence-electron chi connectivity index (χ0n) is 81.1. The van der Waals surface area contributed by atoms with E-state index in [1.807, 2.05) is 177 Å². The molecule has 12 N–H and O–H groups in total. The van der Waals surface area contributed by atoms with E-state index < -0.39 is 0 Å². The van der Waals surface area contributed by atoms with Crippen molar-refractivity contribution in [3.05, 3.63) is 323 Å². The third-order valence-electron chi connectivity index (χ3n) is 25.0. The number of rotatable bonds is 24. The summed E-state index contributed by atoms with van der Waals surface area (Å²) < 4.78 is 17.1. The average Bonchev–Trinajstić information content (AvgIpc) is 1.67. The number of aromatic amines is 1. The number of piperazine rings is 5. The van der Waals surface area contributed by atoms with Crippen molar-refractivity contribution in [2.45, 2.75) is 6.54 Å². The van der Waals surface area contributed by atoms with E-state index in [4.69, 9.17) is 13.6 Å². The predicted octanol–water partition coefficient (Wildman–Crippen LogP) is 17.8. The lowest BCUT2D eigenvalue weighted by Crippen LogP contribution is -2.43. The number of carbonyl (C=O) groups is 5. The van der Waals surface area contributed by atoms with Gasteiger partial charge in [-0.15, -0.1) is 56.7 Å². The van der Waals surface area contributed by atoms with Crippen molar-refractivity contribution < 1.29 is 37.5 Å². The quantitative estimate of drug-likeness (QED) is 0.0267. The second kappa shape index (κ2) is 48.8. The highest BCUT2D eigenvalue weighted by Gasteiger charge is 2.27. The second-order valence-electron chi connectivity index (χ2n) is 34.9. The molecule has 5 amide bonds. The van der Waals surface area contributed by atoms with Gasteiger partial charge in [-0.05, 0) is 128 Å². The lowest BCUT2D eigenvalue weighted by Gasteiger charge is -2.30. The van der Waals surface area contributed by atoms with Gasteiger partial charge in [0.15, 0.2) is 10.8 Å². The summed E-state index contributed by atoms with van der Waals surface area (Å²) in [6.07, 6.45) is 18.9. The zero-order chi connectivity index (χ0) is 101. The van der Waals surface area contributed by atoms with Crippen LogP contribution in [0.25, 0.3) is 86.0 Å². The van der Waals surface area contributed by atoms with Crippen LogP contribution in [0.1, 0.15) is 58.0 Å². The number of para-hydroxylation sites is 3. The zero-order valence-corrected chi connectivity index (χ0v) is 85.2. The normalized spacial score (nSPS) is 14.1. The molecule has 5 aliphatic heterocycles. The Labute approximate surface area is 877 Å². The Morgan fingerprint density at radius 1 is 0.336 bits per heavy atom. The largest absolute Gasteiger partial charge is 0.464 e. The number of nitrogens with zero attached hydrogens (tertiary/aromatic N) is 15. The maximum atomic E-state index is 12.9. The summed E-state index contributed by atoms with van der Waals surface area (Å²) >= 11 is 7.20. The van der Waals surface area contributed by atoms with E-state index in [0.29, 0.717) is 67.7 Å². The van der Waals surface area contributed by atoms with Gasteiger partial charge in [-0.25, -0.2) is 24.9 Å². The molecule has 5 aliphatic rings. The van der Waals surface area contributed by atoms with Crippen LogP contribution in [0.3, 0.4) is 0 Å². The topological polar surface area (TPSA) is 414 Å². The molecular formula is C109H105N27O8S5. The number of furan rings is 2. The number of nitrogens with one attached hydrogen (secondary N) is 12. The van der Waals surface area contributed by atoms with E-state index in [-0.39, 0.29) is 29.5 Å². The third-order valence-corrected chi connectivity index (χ3v) is 29.4. The molecule has 0 aliphatic carbocycles. The van der Waals surface area contributed by atoms with Crippen molar-refractivity contribution in [1.82, 2.24) is 86.7 Å². The van der Waals surface area contributed by atoms with Crippen LogP contribution in [0.15, 0.2) is 298 Å². The SMILES string of the molecule is CNCc1ccc(-c2nc(C(=O)Nc3cnccc3N3CCNCC3)cs2)cc1.O=C(Nc1cnccc1N1CCNCC1)c1csc(-c2cc3ccccc3[nH]2)n1.O=C(Nc1cnccc1N1CCNCC1)c1csc(-c2cc3ccccc3o2)n1.O=C(Nc1cnccc1N1CCNCC1)c1csc(-c2ccc(Oc3ccccc3)cc2)n1.O=C(Nc1cnccc1N1CCNCC1)c1csc(-c2ccc3occc3c2)n1. The van der Waals surface area contributed by atoms with Gasteiger partial charge in [-0.2, -0.15) is 0 Å². The summed E-state index contributed by atoms with van der Waals surface area (Å²) in [7, 11) is 1.93. The first kappa shape index (κ1) is 100. The summed E-state index contributed by atoms with van der Waals surface area (Å²) in [5.74, 6) is 1.01. The first-order chi connectivity index (χ1) is 73.3. The molecule has 24 rings (SSSR count). The fourth-order valence-corrected chi connectivity index (χ4v) is 21.3. The number of H-pyrrole nitrogens is 1. The van der Waals surface area contributed by atoms with Crippen LogP contribution in [-0.2, 0) is 6.54 Å². The molecule has 35 nitrogen and oxygen atoms in total. The highest BCUT2D eigenvalue weighted by atomic mass is 32.1. The minimum Gasteiger partial charge on any atom is -0.464 e. The molecule has 6 aromatic carbocycles. The molecule has 0 bridgehead atoms. The standard InChI is InChI=1S/C25H23N5O2S.C21H20N6OS.C21H24N6OS.2C21H19N5O2S/c31-24(28-21-16-27-11-10-23(21)30-14-12-26-13-15-30)22-17-33-25(29-22)18-6-8-20(9-7-18)32-19-4-2-1-3-5-19;28-20(25-17-12-23-6-5-19(17)27-9-7-22-8-10-27)18-13-29-21(26-18)16-11-14-3-1-2-4-15(14)24-16;1-22-12-15-2-4-16(5-3-15)21-26-18(14-29-21)20(28)25-17-13-24-7-6-19(17)27-10-8-23-9-11-27;27-20(24-16-12-23-5-3-18(16)26-8-6-22-7-9-26)17-13-29-21(25-17)15-1-2-19-14(11-15)4-10-28-19;27-20(24-15-12-23-6-5-17(15)26-9-7-22-8-10-26)16-13-29-21(25-16)19-11-14-3-1-2-4-18(14)28-19/h1-11,16-17,26H,12-15H2,(H,28,31);1-6,11-13,22,24H,7-10H2,(H,25,28);2-7,13-14,22-23H,8-12H2,1H3,(H,25,28);1-5,10-13,22H,6-9H2,(H,24,27);1-6,11-13,22H,7-10H2,(H,24,27). The minimum atomic E-state index is -0.256. The van der Waals surface area contributed by atoms with Crippen LogP contribution in [-0.4, -0.2) is 222 Å². The Morgan fingerprint density at radius 3 is 1.09 bits per heavy atom. The number of ether oxygens (including phenoxy) is 1. The van der Waals surface area contributed by atoms with Crippen LogP contribution in [0.4, 0.5) is 56.9 Å². The summed E-state index contributed by atoms with van der Waals surface area (Å²) in [6, 6.07) is 62.9. The highest BCUT2D eigenvalue weighted by molar-refractivity contribution is 7.14. The molecule has 0 spiro atoms. The predicted molar refractivity (Wildman–Crippen MR) is 595 cm³/mol. The number of benzene rings is 6. The molecule has 18 heterocycles. The first-order valence-electron chi connectivity index (χ1n) is 48.8. The molecule has 5 saturated heterocycles. The van der Waals surface area contributed by atoms with E-state index >= 15 is 0 Å². The molecule has 0 radical (unpaired) electrons. The maximum Gasteiger partial charge on any atom is 0.275 e. The molecule has 40 heteroatoms. The molecule has 0 unspecified atom stereocenters. The van der Waals surface area contributed by atoms with E-state index in [1.165, 1.54) is 62.2 Å². The Hall–Kier alpha value is -16.3. The van der Waals surface area contributed by atoms with Crippen molar-refractivity contribution in [2.75, 3.05) is 189 Å². The van der Waals surface area contributed by atoms with Gasteiger partial charge in [-0.1, -0.05) is 78.9 Å². The van der Waals surface area contributed by atoms with E-state index in [0.717, 1.165) is 253 Å². The van der Waals surface area contributed by atoms with Crippen LogP contribution in [0, 0.1) is 0 Å². The second-order valence-corrected chi connectivity index (χ2v) is 39.2. The molecule has 5 fully saturated rings. The van der Waals surface area contributed by atoms with Crippen molar-refractivity contribution >= 4 is 176 Å². The number of anilines is 10. The van der Waals surface area contributed by atoms with Crippen molar-refractivity contribution in [2.24, 2.45) is 0 Å². The molecule has 0 atom stereocenters. The average molecular weight is 2080 g/mol. The van der Waals surface area contributed by atoms with Gasteiger partial charge in [-0.3, -0.25) is 48.9 Å². The summed E-state index contributed by atoms with van der Waals surface area (Å²) in [5, 5.41) is 50.7. The van der Waals surface area contributed by atoms with Gasteiger partial charge in [0.05, 0.1) is 99.8 Å². The number of pyridine rings is 5. The van der Waals surface area contributed by atoms with Crippen LogP contribution in [0.2, 0.25) is 0 Å². The molecule has 149 heavy (non-hydrogen) atoms. The van der Waals surface area contributed by atoms with Gasteiger partial charge >= 0.3 is 0 Å². The molecular weight excluding hydrogens is 1980 g/mol. The highest BCUT2D eigenvalue weighted by Crippen LogP contribution is 2.38.